The highest BCUT2D eigenvalue weighted by Crippen LogP contribution is 2.35. The van der Waals surface area contributed by atoms with Gasteiger partial charge >= 0.3 is 6.03 Å². The van der Waals surface area contributed by atoms with E-state index in [0.29, 0.717) is 36.8 Å². The van der Waals surface area contributed by atoms with Crippen LogP contribution in [0.4, 0.5) is 16.2 Å². The molecule has 1 saturated heterocycles. The summed E-state index contributed by atoms with van der Waals surface area (Å²) in [4.78, 5) is 14.8. The van der Waals surface area contributed by atoms with Crippen LogP contribution in [0.5, 0.6) is 0 Å². The minimum atomic E-state index is -3.31. The molecular formula is C21H25N3O3S. The molecule has 2 heterocycles. The number of fused-ring (bicyclic) bond motifs is 1. The Labute approximate surface area is 166 Å². The number of anilines is 2. The average molecular weight is 400 g/mol. The van der Waals surface area contributed by atoms with Crippen molar-refractivity contribution in [2.24, 2.45) is 0 Å². The van der Waals surface area contributed by atoms with Gasteiger partial charge in [-0.3, -0.25) is 4.31 Å². The van der Waals surface area contributed by atoms with Crippen LogP contribution >= 0.6 is 0 Å². The van der Waals surface area contributed by atoms with Crippen LogP contribution in [0.1, 0.15) is 29.9 Å². The second-order valence-electron chi connectivity index (χ2n) is 7.51. The van der Waals surface area contributed by atoms with Crippen molar-refractivity contribution in [3.05, 3.63) is 59.7 Å². The van der Waals surface area contributed by atoms with E-state index in [2.05, 4.69) is 17.4 Å². The van der Waals surface area contributed by atoms with E-state index < -0.39 is 10.0 Å². The summed E-state index contributed by atoms with van der Waals surface area (Å²) in [6.07, 6.45) is 3.87. The summed E-state index contributed by atoms with van der Waals surface area (Å²) in [5, 5.41) is 3.02. The molecule has 0 spiro atoms. The summed E-state index contributed by atoms with van der Waals surface area (Å²) < 4.78 is 25.4. The van der Waals surface area contributed by atoms with Gasteiger partial charge < -0.3 is 10.2 Å². The fourth-order valence-electron chi connectivity index (χ4n) is 4.22. The number of carbonyl (C=O) groups is 1. The van der Waals surface area contributed by atoms with Gasteiger partial charge in [0.15, 0.2) is 0 Å². The number of urea groups is 1. The Bertz CT molecular complexity index is 976. The van der Waals surface area contributed by atoms with Crippen LogP contribution in [-0.4, -0.2) is 45.2 Å². The summed E-state index contributed by atoms with van der Waals surface area (Å²) in [6.45, 7) is 1.85. The molecule has 1 fully saturated rings. The quantitative estimate of drug-likeness (QED) is 0.860. The molecule has 0 radical (unpaired) electrons. The Kier molecular flexibility index (Phi) is 5.02. The molecule has 1 atom stereocenters. The van der Waals surface area contributed by atoms with Crippen molar-refractivity contribution in [2.45, 2.75) is 25.2 Å². The highest BCUT2D eigenvalue weighted by atomic mass is 32.2. The van der Waals surface area contributed by atoms with Gasteiger partial charge in [-0.25, -0.2) is 13.2 Å². The van der Waals surface area contributed by atoms with E-state index in [-0.39, 0.29) is 6.03 Å². The molecule has 2 aromatic rings. The summed E-state index contributed by atoms with van der Waals surface area (Å²) in [7, 11) is -3.31. The maximum atomic E-state index is 12.9. The first kappa shape index (κ1) is 18.8. The Morgan fingerprint density at radius 3 is 2.61 bits per heavy atom. The molecule has 7 heteroatoms. The Morgan fingerprint density at radius 2 is 1.86 bits per heavy atom. The van der Waals surface area contributed by atoms with E-state index in [1.807, 2.05) is 29.2 Å². The number of sulfonamides is 1. The van der Waals surface area contributed by atoms with Crippen molar-refractivity contribution >= 4 is 27.4 Å². The number of piperidine rings is 1. The highest BCUT2D eigenvalue weighted by Gasteiger charge is 2.29. The molecule has 28 heavy (non-hydrogen) atoms. The Morgan fingerprint density at radius 1 is 1.07 bits per heavy atom. The predicted molar refractivity (Wildman–Crippen MR) is 111 cm³/mol. The zero-order valence-corrected chi connectivity index (χ0v) is 16.8. The fourth-order valence-corrected chi connectivity index (χ4v) is 5.17. The standard InChI is InChI=1S/C21H25N3O3S/c1-28(26,27)24-14-12-18-19(10-5-11-20(18)24)22-21(25)23-13-6-9-17(15-23)16-7-3-2-4-8-16/h2-5,7-8,10-11,17H,6,9,12-15H2,1H3,(H,22,25). The first-order valence-electron chi connectivity index (χ1n) is 9.64. The van der Waals surface area contributed by atoms with Crippen molar-refractivity contribution in [3.63, 3.8) is 0 Å². The lowest BCUT2D eigenvalue weighted by Crippen LogP contribution is -2.41. The molecule has 0 bridgehead atoms. The number of amides is 2. The summed E-state index contributed by atoms with van der Waals surface area (Å²) in [5.74, 6) is 0.350. The molecule has 6 nitrogen and oxygen atoms in total. The molecule has 2 aliphatic heterocycles. The minimum Gasteiger partial charge on any atom is -0.324 e. The topological polar surface area (TPSA) is 69.7 Å². The van der Waals surface area contributed by atoms with E-state index in [1.54, 1.807) is 12.1 Å². The highest BCUT2D eigenvalue weighted by molar-refractivity contribution is 7.92. The average Bonchev–Trinajstić information content (AvgIpc) is 3.14. The molecule has 2 aromatic carbocycles. The molecule has 148 valence electrons. The van der Waals surface area contributed by atoms with Gasteiger partial charge in [0.2, 0.25) is 10.0 Å². The van der Waals surface area contributed by atoms with Crippen molar-refractivity contribution < 1.29 is 13.2 Å². The second kappa shape index (κ2) is 7.47. The zero-order chi connectivity index (χ0) is 19.7. The molecule has 1 unspecified atom stereocenters. The lowest BCUT2D eigenvalue weighted by molar-refractivity contribution is 0.193. The Hall–Kier alpha value is -2.54. The molecule has 0 aliphatic carbocycles. The molecular weight excluding hydrogens is 374 g/mol. The Balaban J connectivity index is 1.50. The molecule has 4 rings (SSSR count). The van der Waals surface area contributed by atoms with Crippen LogP contribution in [0.25, 0.3) is 0 Å². The van der Waals surface area contributed by atoms with Crippen LogP contribution < -0.4 is 9.62 Å². The third-order valence-corrected chi connectivity index (χ3v) is 6.79. The normalized spacial score (nSPS) is 19.4. The summed E-state index contributed by atoms with van der Waals surface area (Å²) in [5.41, 5.74) is 3.53. The number of hydrogen-bond acceptors (Lipinski definition) is 3. The predicted octanol–water partition coefficient (Wildman–Crippen LogP) is 3.42. The number of hydrogen-bond donors (Lipinski definition) is 1. The van der Waals surface area contributed by atoms with Gasteiger partial charge in [0.1, 0.15) is 0 Å². The molecule has 2 amide bonds. The maximum Gasteiger partial charge on any atom is 0.321 e. The number of benzene rings is 2. The first-order valence-corrected chi connectivity index (χ1v) is 11.5. The number of carbonyl (C=O) groups excluding carboxylic acids is 1. The first-order chi connectivity index (χ1) is 13.4. The van der Waals surface area contributed by atoms with Crippen LogP contribution in [0.15, 0.2) is 48.5 Å². The van der Waals surface area contributed by atoms with Crippen LogP contribution in [0.2, 0.25) is 0 Å². The number of nitrogens with one attached hydrogen (secondary N) is 1. The van der Waals surface area contributed by atoms with Crippen LogP contribution in [0, 0.1) is 0 Å². The second-order valence-corrected chi connectivity index (χ2v) is 9.42. The van der Waals surface area contributed by atoms with Crippen molar-refractivity contribution in [3.8, 4) is 0 Å². The van der Waals surface area contributed by atoms with E-state index in [9.17, 15) is 13.2 Å². The fraction of sp³-hybridized carbons (Fsp3) is 0.381. The molecule has 0 saturated carbocycles. The van der Waals surface area contributed by atoms with Crippen LogP contribution in [0.3, 0.4) is 0 Å². The lowest BCUT2D eigenvalue weighted by atomic mass is 9.91. The van der Waals surface area contributed by atoms with Gasteiger partial charge in [-0.1, -0.05) is 36.4 Å². The molecule has 1 N–H and O–H groups in total. The third-order valence-electron chi connectivity index (χ3n) is 5.61. The van der Waals surface area contributed by atoms with Gasteiger partial charge in [-0.2, -0.15) is 0 Å². The maximum absolute atomic E-state index is 12.9. The lowest BCUT2D eigenvalue weighted by Gasteiger charge is -2.33. The summed E-state index contributed by atoms with van der Waals surface area (Å²) in [6, 6.07) is 15.6. The number of likely N-dealkylation sites (tertiary alicyclic amines) is 1. The summed E-state index contributed by atoms with van der Waals surface area (Å²) >= 11 is 0. The van der Waals surface area contributed by atoms with Crippen molar-refractivity contribution in [2.75, 3.05) is 35.5 Å². The monoisotopic (exact) mass is 399 g/mol. The van der Waals surface area contributed by atoms with Gasteiger partial charge in [-0.15, -0.1) is 0 Å². The third kappa shape index (κ3) is 3.71. The molecule has 2 aliphatic rings. The smallest absolute Gasteiger partial charge is 0.321 e. The zero-order valence-electron chi connectivity index (χ0n) is 16.0. The van der Waals surface area contributed by atoms with E-state index in [0.717, 1.165) is 24.9 Å². The molecule has 0 aromatic heterocycles. The van der Waals surface area contributed by atoms with Gasteiger partial charge in [0.05, 0.1) is 11.9 Å². The van der Waals surface area contributed by atoms with E-state index in [1.165, 1.54) is 16.1 Å². The largest absolute Gasteiger partial charge is 0.324 e. The van der Waals surface area contributed by atoms with E-state index >= 15 is 0 Å². The van der Waals surface area contributed by atoms with Gasteiger partial charge in [0.25, 0.3) is 0 Å². The van der Waals surface area contributed by atoms with E-state index in [4.69, 9.17) is 0 Å². The SMILES string of the molecule is CS(=O)(=O)N1CCc2c(NC(=O)N3CCCC(c4ccccc4)C3)cccc21. The van der Waals surface area contributed by atoms with Crippen molar-refractivity contribution in [1.82, 2.24) is 4.90 Å². The minimum absolute atomic E-state index is 0.119. The number of nitrogens with zero attached hydrogens (tertiary/aromatic N) is 2. The van der Waals surface area contributed by atoms with Crippen LogP contribution in [-0.2, 0) is 16.4 Å². The van der Waals surface area contributed by atoms with Gasteiger partial charge in [0, 0.05) is 36.8 Å². The van der Waals surface area contributed by atoms with Gasteiger partial charge in [-0.05, 0) is 37.0 Å². The van der Waals surface area contributed by atoms with Crippen molar-refractivity contribution in [1.29, 1.82) is 0 Å². The number of rotatable bonds is 3.